The second-order valence-electron chi connectivity index (χ2n) is 6.70. The second kappa shape index (κ2) is 6.75. The maximum Gasteiger partial charge on any atom is 0.271 e. The van der Waals surface area contributed by atoms with Crippen LogP contribution in [0.4, 0.5) is 0 Å². The van der Waals surface area contributed by atoms with Crippen LogP contribution < -0.4 is 0 Å². The molecule has 1 amide bonds. The van der Waals surface area contributed by atoms with Gasteiger partial charge in [-0.05, 0) is 37.5 Å². The molecule has 1 aromatic carbocycles. The van der Waals surface area contributed by atoms with Crippen molar-refractivity contribution in [2.24, 2.45) is 0 Å². The highest BCUT2D eigenvalue weighted by molar-refractivity contribution is 6.02. The topological polar surface area (TPSA) is 88.2 Å². The molecule has 27 heavy (non-hydrogen) atoms. The van der Waals surface area contributed by atoms with Gasteiger partial charge in [-0.2, -0.15) is 0 Å². The van der Waals surface area contributed by atoms with Crippen LogP contribution >= 0.6 is 0 Å². The lowest BCUT2D eigenvalue weighted by atomic mass is 10.0. The number of H-pyrrole nitrogens is 1. The Kier molecular flexibility index (Phi) is 4.27. The Hall–Kier alpha value is -3.35. The van der Waals surface area contributed by atoms with Gasteiger partial charge in [-0.1, -0.05) is 12.1 Å². The first-order valence-electron chi connectivity index (χ1n) is 8.66. The quantitative estimate of drug-likeness (QED) is 0.580. The molecule has 3 heterocycles. The van der Waals surface area contributed by atoms with Gasteiger partial charge in [0, 0.05) is 10.9 Å². The molecule has 4 rings (SSSR count). The molecule has 0 atom stereocenters. The molecule has 1 N–H and O–H groups in total. The molecule has 0 saturated heterocycles. The third kappa shape index (κ3) is 3.12. The van der Waals surface area contributed by atoms with E-state index < -0.39 is 0 Å². The fourth-order valence-corrected chi connectivity index (χ4v) is 3.39. The zero-order valence-corrected chi connectivity index (χ0v) is 15.4. The van der Waals surface area contributed by atoms with Crippen LogP contribution in [-0.4, -0.2) is 25.8 Å². The summed E-state index contributed by atoms with van der Waals surface area (Å²) in [5.41, 5.74) is 6.12. The lowest BCUT2D eigenvalue weighted by molar-refractivity contribution is 0.0720. The van der Waals surface area contributed by atoms with Gasteiger partial charge in [-0.25, -0.2) is 9.97 Å². The number of nitrogens with one attached hydrogen (secondary N) is 1. The molecular formula is C20H20N4O3. The molecule has 0 aliphatic heterocycles. The number of oxazole rings is 2. The van der Waals surface area contributed by atoms with Crippen molar-refractivity contribution in [1.82, 2.24) is 19.9 Å². The van der Waals surface area contributed by atoms with Gasteiger partial charge < -0.3 is 18.7 Å². The molecule has 0 saturated carbocycles. The summed E-state index contributed by atoms with van der Waals surface area (Å²) in [6.07, 6.45) is 5.79. The normalized spacial score (nSPS) is 11.2. The van der Waals surface area contributed by atoms with Gasteiger partial charge in [0.2, 0.25) is 0 Å². The molecule has 3 aromatic heterocycles. The average molecular weight is 364 g/mol. The number of carbonyl (C=O) groups is 1. The van der Waals surface area contributed by atoms with Gasteiger partial charge in [-0.15, -0.1) is 0 Å². The van der Waals surface area contributed by atoms with E-state index in [1.807, 2.05) is 13.8 Å². The lowest BCUT2D eigenvalue weighted by Crippen LogP contribution is -2.31. The predicted octanol–water partition coefficient (Wildman–Crippen LogP) is 3.91. The fourth-order valence-electron chi connectivity index (χ4n) is 3.39. The van der Waals surface area contributed by atoms with E-state index in [0.717, 1.165) is 27.6 Å². The minimum Gasteiger partial charge on any atom is -0.451 e. The van der Waals surface area contributed by atoms with Crippen molar-refractivity contribution in [3.05, 3.63) is 71.2 Å². The van der Waals surface area contributed by atoms with Gasteiger partial charge in [0.15, 0.2) is 12.8 Å². The van der Waals surface area contributed by atoms with E-state index in [9.17, 15) is 4.79 Å². The summed E-state index contributed by atoms with van der Waals surface area (Å²) in [7, 11) is 0. The molecule has 138 valence electrons. The standard InChI is InChI=1S/C20H20N4O3/c1-12-4-5-13(2)18-17(12)14(3)19(23-18)20(25)24(6-15-8-26-10-21-15)7-16-9-27-11-22-16/h4-5,8-11,23H,6-7H2,1-3H3. The van der Waals surface area contributed by atoms with Crippen molar-refractivity contribution < 1.29 is 13.6 Å². The van der Waals surface area contributed by atoms with E-state index in [1.165, 1.54) is 25.3 Å². The van der Waals surface area contributed by atoms with Crippen LogP contribution in [0.1, 0.15) is 38.6 Å². The number of benzene rings is 1. The molecule has 0 radical (unpaired) electrons. The van der Waals surface area contributed by atoms with Crippen molar-refractivity contribution in [1.29, 1.82) is 0 Å². The Morgan fingerprint density at radius 2 is 1.59 bits per heavy atom. The predicted molar refractivity (Wildman–Crippen MR) is 99.1 cm³/mol. The van der Waals surface area contributed by atoms with E-state index in [-0.39, 0.29) is 5.91 Å². The molecule has 7 nitrogen and oxygen atoms in total. The summed E-state index contributed by atoms with van der Waals surface area (Å²) < 4.78 is 10.1. The van der Waals surface area contributed by atoms with E-state index in [0.29, 0.717) is 30.2 Å². The number of rotatable bonds is 5. The maximum atomic E-state index is 13.4. The van der Waals surface area contributed by atoms with E-state index in [1.54, 1.807) is 4.90 Å². The first kappa shape index (κ1) is 17.1. The molecule has 0 bridgehead atoms. The van der Waals surface area contributed by atoms with Crippen LogP contribution in [0.25, 0.3) is 10.9 Å². The summed E-state index contributed by atoms with van der Waals surface area (Å²) in [5, 5.41) is 1.10. The Morgan fingerprint density at radius 3 is 2.11 bits per heavy atom. The minimum atomic E-state index is -0.117. The van der Waals surface area contributed by atoms with Gasteiger partial charge in [0.25, 0.3) is 5.91 Å². The van der Waals surface area contributed by atoms with Crippen LogP contribution in [0, 0.1) is 20.8 Å². The zero-order chi connectivity index (χ0) is 19.0. The number of hydrogen-bond donors (Lipinski definition) is 1. The van der Waals surface area contributed by atoms with E-state index >= 15 is 0 Å². The number of carbonyl (C=O) groups excluding carboxylic acids is 1. The zero-order valence-electron chi connectivity index (χ0n) is 15.4. The molecule has 4 aromatic rings. The van der Waals surface area contributed by atoms with Gasteiger partial charge >= 0.3 is 0 Å². The smallest absolute Gasteiger partial charge is 0.271 e. The molecule has 0 unspecified atom stereocenters. The van der Waals surface area contributed by atoms with Crippen molar-refractivity contribution in [3.8, 4) is 0 Å². The molecular weight excluding hydrogens is 344 g/mol. The summed E-state index contributed by atoms with van der Waals surface area (Å²) in [6, 6.07) is 4.14. The third-order valence-electron chi connectivity index (χ3n) is 4.80. The molecule has 0 spiro atoms. The van der Waals surface area contributed by atoms with Crippen molar-refractivity contribution in [2.75, 3.05) is 0 Å². The number of fused-ring (bicyclic) bond motifs is 1. The van der Waals surface area contributed by atoms with Crippen LogP contribution in [0.15, 0.2) is 46.3 Å². The number of aryl methyl sites for hydroxylation is 3. The average Bonchev–Trinajstić information content (AvgIpc) is 3.39. The number of amides is 1. The number of hydrogen-bond acceptors (Lipinski definition) is 5. The molecule has 0 aliphatic carbocycles. The van der Waals surface area contributed by atoms with E-state index in [4.69, 9.17) is 8.83 Å². The largest absolute Gasteiger partial charge is 0.451 e. The summed E-state index contributed by atoms with van der Waals surface area (Å²) in [5.74, 6) is -0.117. The third-order valence-corrected chi connectivity index (χ3v) is 4.80. The van der Waals surface area contributed by atoms with Crippen LogP contribution in [0.5, 0.6) is 0 Å². The second-order valence-corrected chi connectivity index (χ2v) is 6.70. The first-order valence-corrected chi connectivity index (χ1v) is 8.66. The van der Waals surface area contributed by atoms with E-state index in [2.05, 4.69) is 34.0 Å². The number of nitrogens with zero attached hydrogens (tertiary/aromatic N) is 3. The molecule has 0 aliphatic rings. The van der Waals surface area contributed by atoms with Crippen molar-refractivity contribution >= 4 is 16.8 Å². The van der Waals surface area contributed by atoms with Crippen LogP contribution in [-0.2, 0) is 13.1 Å². The van der Waals surface area contributed by atoms with Gasteiger partial charge in [-0.3, -0.25) is 4.79 Å². The first-order chi connectivity index (χ1) is 13.0. The van der Waals surface area contributed by atoms with Gasteiger partial charge in [0.05, 0.1) is 24.5 Å². The Labute approximate surface area is 156 Å². The van der Waals surface area contributed by atoms with Crippen molar-refractivity contribution in [3.63, 3.8) is 0 Å². The minimum absolute atomic E-state index is 0.117. The summed E-state index contributed by atoms with van der Waals surface area (Å²) in [4.78, 5) is 26.7. The van der Waals surface area contributed by atoms with Crippen LogP contribution in [0.3, 0.4) is 0 Å². The molecule has 7 heteroatoms. The fraction of sp³-hybridized carbons (Fsp3) is 0.250. The number of aromatic nitrogens is 3. The highest BCUT2D eigenvalue weighted by Gasteiger charge is 2.24. The Balaban J connectivity index is 1.74. The SMILES string of the molecule is Cc1ccc(C)c2c(C)c(C(=O)N(Cc3cocn3)Cc3cocn3)[nH]c12. The highest BCUT2D eigenvalue weighted by Crippen LogP contribution is 2.28. The Morgan fingerprint density at radius 1 is 1.00 bits per heavy atom. The maximum absolute atomic E-state index is 13.4. The monoisotopic (exact) mass is 364 g/mol. The molecule has 0 fully saturated rings. The van der Waals surface area contributed by atoms with Crippen LogP contribution in [0.2, 0.25) is 0 Å². The number of aromatic amines is 1. The summed E-state index contributed by atoms with van der Waals surface area (Å²) in [6.45, 7) is 6.70. The van der Waals surface area contributed by atoms with Crippen molar-refractivity contribution in [2.45, 2.75) is 33.9 Å². The summed E-state index contributed by atoms with van der Waals surface area (Å²) >= 11 is 0. The van der Waals surface area contributed by atoms with Gasteiger partial charge in [0.1, 0.15) is 18.2 Å². The lowest BCUT2D eigenvalue weighted by Gasteiger charge is -2.20. The highest BCUT2D eigenvalue weighted by atomic mass is 16.3. The Bertz CT molecular complexity index is 1040.